The van der Waals surface area contributed by atoms with Crippen LogP contribution in [0.4, 0.5) is 0 Å². The molecule has 0 radical (unpaired) electrons. The SMILES string of the molecule is COCCN1CCCNCC1C(C)C. The van der Waals surface area contributed by atoms with Crippen LogP contribution in [0.5, 0.6) is 0 Å². The zero-order valence-electron chi connectivity index (χ0n) is 9.75. The lowest BCUT2D eigenvalue weighted by molar-refractivity contribution is 0.107. The number of ether oxygens (including phenoxy) is 1. The summed E-state index contributed by atoms with van der Waals surface area (Å²) >= 11 is 0. The third-order valence-electron chi connectivity index (χ3n) is 2.97. The molecule has 84 valence electrons. The highest BCUT2D eigenvalue weighted by Gasteiger charge is 2.22. The standard InChI is InChI=1S/C11H24N2O/c1-10(2)11-9-12-5-4-6-13(11)7-8-14-3/h10-12H,4-9H2,1-3H3. The van der Waals surface area contributed by atoms with Crippen LogP contribution in [0.25, 0.3) is 0 Å². The fraction of sp³-hybridized carbons (Fsp3) is 1.00. The van der Waals surface area contributed by atoms with Gasteiger partial charge in [0.25, 0.3) is 0 Å². The molecule has 0 aliphatic carbocycles. The van der Waals surface area contributed by atoms with Gasteiger partial charge < -0.3 is 10.1 Å². The summed E-state index contributed by atoms with van der Waals surface area (Å²) in [4.78, 5) is 2.56. The minimum Gasteiger partial charge on any atom is -0.383 e. The van der Waals surface area contributed by atoms with Gasteiger partial charge in [-0.15, -0.1) is 0 Å². The summed E-state index contributed by atoms with van der Waals surface area (Å²) in [7, 11) is 1.78. The Kier molecular flexibility index (Phi) is 5.45. The Morgan fingerprint density at radius 2 is 2.29 bits per heavy atom. The van der Waals surface area contributed by atoms with E-state index in [1.807, 2.05) is 0 Å². The van der Waals surface area contributed by atoms with Crippen LogP contribution in [0, 0.1) is 5.92 Å². The highest BCUT2D eigenvalue weighted by atomic mass is 16.5. The second-order valence-corrected chi connectivity index (χ2v) is 4.40. The molecule has 1 unspecified atom stereocenters. The monoisotopic (exact) mass is 200 g/mol. The third-order valence-corrected chi connectivity index (χ3v) is 2.97. The molecule has 1 heterocycles. The molecule has 0 amide bonds. The molecule has 3 heteroatoms. The maximum atomic E-state index is 5.15. The number of methoxy groups -OCH3 is 1. The quantitative estimate of drug-likeness (QED) is 0.731. The lowest BCUT2D eigenvalue weighted by Crippen LogP contribution is -2.44. The number of nitrogens with one attached hydrogen (secondary N) is 1. The molecule has 1 rings (SSSR count). The van der Waals surface area contributed by atoms with Crippen molar-refractivity contribution in [3.05, 3.63) is 0 Å². The van der Waals surface area contributed by atoms with E-state index in [-0.39, 0.29) is 0 Å². The summed E-state index contributed by atoms with van der Waals surface area (Å²) in [6.45, 7) is 10.0. The average molecular weight is 200 g/mol. The van der Waals surface area contributed by atoms with Crippen LogP contribution in [-0.4, -0.2) is 50.8 Å². The molecule has 0 bridgehead atoms. The first-order valence-corrected chi connectivity index (χ1v) is 5.69. The smallest absolute Gasteiger partial charge is 0.0589 e. The second-order valence-electron chi connectivity index (χ2n) is 4.40. The summed E-state index contributed by atoms with van der Waals surface area (Å²) in [5, 5.41) is 3.50. The van der Waals surface area contributed by atoms with Gasteiger partial charge in [-0.1, -0.05) is 13.8 Å². The summed E-state index contributed by atoms with van der Waals surface area (Å²) in [6, 6.07) is 0.674. The molecule has 1 saturated heterocycles. The number of hydrogen-bond acceptors (Lipinski definition) is 3. The van der Waals surface area contributed by atoms with Crippen LogP contribution in [0.1, 0.15) is 20.3 Å². The molecule has 1 aliphatic heterocycles. The maximum Gasteiger partial charge on any atom is 0.0589 e. The van der Waals surface area contributed by atoms with E-state index in [4.69, 9.17) is 4.74 Å². The zero-order chi connectivity index (χ0) is 10.4. The van der Waals surface area contributed by atoms with E-state index in [0.717, 1.165) is 32.2 Å². The first-order valence-electron chi connectivity index (χ1n) is 5.69. The molecule has 14 heavy (non-hydrogen) atoms. The van der Waals surface area contributed by atoms with E-state index < -0.39 is 0 Å². The van der Waals surface area contributed by atoms with Crippen molar-refractivity contribution >= 4 is 0 Å². The lowest BCUT2D eigenvalue weighted by Gasteiger charge is -2.32. The Morgan fingerprint density at radius 1 is 1.50 bits per heavy atom. The Bertz CT molecular complexity index is 150. The van der Waals surface area contributed by atoms with E-state index in [9.17, 15) is 0 Å². The van der Waals surface area contributed by atoms with Gasteiger partial charge in [0.15, 0.2) is 0 Å². The van der Waals surface area contributed by atoms with Gasteiger partial charge in [-0.05, 0) is 25.4 Å². The van der Waals surface area contributed by atoms with E-state index >= 15 is 0 Å². The van der Waals surface area contributed by atoms with Gasteiger partial charge in [0.05, 0.1) is 6.61 Å². The molecule has 0 spiro atoms. The third kappa shape index (κ3) is 3.56. The molecule has 0 saturated carbocycles. The van der Waals surface area contributed by atoms with Crippen LogP contribution in [0.15, 0.2) is 0 Å². The van der Waals surface area contributed by atoms with E-state index in [1.165, 1.54) is 13.0 Å². The van der Waals surface area contributed by atoms with Crippen molar-refractivity contribution in [1.29, 1.82) is 0 Å². The summed E-state index contributed by atoms with van der Waals surface area (Å²) in [5.41, 5.74) is 0. The highest BCUT2D eigenvalue weighted by molar-refractivity contribution is 4.80. The highest BCUT2D eigenvalue weighted by Crippen LogP contribution is 2.12. The van der Waals surface area contributed by atoms with Crippen molar-refractivity contribution in [2.75, 3.05) is 39.9 Å². The summed E-state index contributed by atoms with van der Waals surface area (Å²) < 4.78 is 5.15. The first-order chi connectivity index (χ1) is 6.75. The topological polar surface area (TPSA) is 24.5 Å². The number of nitrogens with zero attached hydrogens (tertiary/aromatic N) is 1. The van der Waals surface area contributed by atoms with Gasteiger partial charge in [0.2, 0.25) is 0 Å². The molecule has 1 fully saturated rings. The zero-order valence-corrected chi connectivity index (χ0v) is 9.75. The van der Waals surface area contributed by atoms with Crippen molar-refractivity contribution in [2.24, 2.45) is 5.92 Å². The van der Waals surface area contributed by atoms with Crippen LogP contribution >= 0.6 is 0 Å². The van der Waals surface area contributed by atoms with Gasteiger partial charge in [-0.2, -0.15) is 0 Å². The van der Waals surface area contributed by atoms with Crippen LogP contribution in [-0.2, 0) is 4.74 Å². The molecule has 0 aromatic rings. The molecule has 0 aromatic heterocycles. The largest absolute Gasteiger partial charge is 0.383 e. The Morgan fingerprint density at radius 3 is 2.93 bits per heavy atom. The molecule has 1 N–H and O–H groups in total. The Labute approximate surface area is 87.8 Å². The van der Waals surface area contributed by atoms with Crippen LogP contribution < -0.4 is 5.32 Å². The molecular formula is C11H24N2O. The number of hydrogen-bond donors (Lipinski definition) is 1. The molecular weight excluding hydrogens is 176 g/mol. The fourth-order valence-electron chi connectivity index (χ4n) is 2.10. The minimum atomic E-state index is 0.674. The van der Waals surface area contributed by atoms with E-state index in [2.05, 4.69) is 24.1 Å². The predicted octanol–water partition coefficient (Wildman–Crippen LogP) is 0.953. The predicted molar refractivity (Wildman–Crippen MR) is 59.6 cm³/mol. The van der Waals surface area contributed by atoms with Crippen molar-refractivity contribution in [3.8, 4) is 0 Å². The molecule has 3 nitrogen and oxygen atoms in total. The van der Waals surface area contributed by atoms with Crippen molar-refractivity contribution in [1.82, 2.24) is 10.2 Å². The van der Waals surface area contributed by atoms with Crippen molar-refractivity contribution in [2.45, 2.75) is 26.3 Å². The lowest BCUT2D eigenvalue weighted by atomic mass is 10.0. The fourth-order valence-corrected chi connectivity index (χ4v) is 2.10. The van der Waals surface area contributed by atoms with Gasteiger partial charge >= 0.3 is 0 Å². The summed E-state index contributed by atoms with van der Waals surface area (Å²) in [5.74, 6) is 0.720. The second kappa shape index (κ2) is 6.38. The number of rotatable bonds is 4. The molecule has 1 atom stereocenters. The van der Waals surface area contributed by atoms with Crippen molar-refractivity contribution < 1.29 is 4.74 Å². The van der Waals surface area contributed by atoms with Crippen molar-refractivity contribution in [3.63, 3.8) is 0 Å². The van der Waals surface area contributed by atoms with Gasteiger partial charge in [-0.25, -0.2) is 0 Å². The van der Waals surface area contributed by atoms with Gasteiger partial charge in [-0.3, -0.25) is 4.90 Å². The molecule has 1 aliphatic rings. The normalized spacial score (nSPS) is 25.3. The van der Waals surface area contributed by atoms with Gasteiger partial charge in [0.1, 0.15) is 0 Å². The Balaban J connectivity index is 2.45. The summed E-state index contributed by atoms with van der Waals surface area (Å²) in [6.07, 6.45) is 1.26. The average Bonchev–Trinajstić information content (AvgIpc) is 2.39. The minimum absolute atomic E-state index is 0.674. The van der Waals surface area contributed by atoms with Crippen LogP contribution in [0.3, 0.4) is 0 Å². The Hall–Kier alpha value is -0.120. The van der Waals surface area contributed by atoms with E-state index in [1.54, 1.807) is 7.11 Å². The van der Waals surface area contributed by atoms with Crippen LogP contribution in [0.2, 0.25) is 0 Å². The van der Waals surface area contributed by atoms with Gasteiger partial charge in [0, 0.05) is 26.2 Å². The van der Waals surface area contributed by atoms with E-state index in [0.29, 0.717) is 6.04 Å². The first kappa shape index (κ1) is 12.0. The molecule has 0 aromatic carbocycles. The maximum absolute atomic E-state index is 5.15.